The van der Waals surface area contributed by atoms with Crippen LogP contribution < -0.4 is 0 Å². The van der Waals surface area contributed by atoms with Crippen molar-refractivity contribution in [3.8, 4) is 62.6 Å². The number of pyridine rings is 1. The average Bonchev–Trinajstić information content (AvgIpc) is 3.51. The van der Waals surface area contributed by atoms with Crippen molar-refractivity contribution in [1.29, 1.82) is 5.26 Å². The molecule has 6 heteroatoms. The van der Waals surface area contributed by atoms with Gasteiger partial charge in [0.25, 0.3) is 0 Å². The summed E-state index contributed by atoms with van der Waals surface area (Å²) in [6.45, 7) is 0. The van der Waals surface area contributed by atoms with Crippen molar-refractivity contribution in [2.45, 2.75) is 0 Å². The van der Waals surface area contributed by atoms with Gasteiger partial charge in [0.2, 0.25) is 0 Å². The minimum absolute atomic E-state index is 0.500. The van der Waals surface area contributed by atoms with Crippen molar-refractivity contribution < 1.29 is 4.42 Å². The van der Waals surface area contributed by atoms with E-state index < -0.39 is 0 Å². The van der Waals surface area contributed by atoms with Crippen LogP contribution in [-0.4, -0.2) is 19.9 Å². The second-order valence-corrected chi connectivity index (χ2v) is 10.6. The zero-order chi connectivity index (χ0) is 30.2. The number of rotatable bonds is 5. The largest absolute Gasteiger partial charge is 0.455 e. The maximum absolute atomic E-state index is 9.18. The van der Waals surface area contributed by atoms with Gasteiger partial charge in [0.05, 0.1) is 22.9 Å². The summed E-state index contributed by atoms with van der Waals surface area (Å²) in [4.78, 5) is 19.9. The van der Waals surface area contributed by atoms with Gasteiger partial charge >= 0.3 is 0 Å². The summed E-state index contributed by atoms with van der Waals surface area (Å²) in [6.07, 6.45) is 1.85. The number of para-hydroxylation sites is 1. The molecule has 8 rings (SSSR count). The van der Waals surface area contributed by atoms with Gasteiger partial charge in [-0.3, -0.25) is 4.98 Å². The van der Waals surface area contributed by atoms with E-state index in [1.54, 1.807) is 0 Å². The minimum atomic E-state index is 0.500. The van der Waals surface area contributed by atoms with E-state index in [1.165, 1.54) is 0 Å². The number of nitriles is 1. The Balaban J connectivity index is 1.37. The van der Waals surface area contributed by atoms with Crippen molar-refractivity contribution in [3.63, 3.8) is 0 Å². The zero-order valence-corrected chi connectivity index (χ0v) is 23.9. The monoisotopic (exact) mass is 577 g/mol. The maximum atomic E-state index is 9.18. The molecule has 0 radical (unpaired) electrons. The van der Waals surface area contributed by atoms with Crippen LogP contribution in [0.25, 0.3) is 78.5 Å². The van der Waals surface area contributed by atoms with Crippen molar-refractivity contribution in [3.05, 3.63) is 145 Å². The van der Waals surface area contributed by atoms with Gasteiger partial charge in [0.1, 0.15) is 11.2 Å². The summed E-state index contributed by atoms with van der Waals surface area (Å²) in [5.41, 5.74) is 8.17. The Morgan fingerprint density at radius 3 is 1.78 bits per heavy atom. The Morgan fingerprint density at radius 2 is 1.13 bits per heavy atom. The summed E-state index contributed by atoms with van der Waals surface area (Å²) in [6, 6.07) is 45.7. The average molecular weight is 578 g/mol. The molecule has 3 heterocycles. The number of hydrogen-bond donors (Lipinski definition) is 0. The highest BCUT2D eigenvalue weighted by molar-refractivity contribution is 6.12. The maximum Gasteiger partial charge on any atom is 0.168 e. The van der Waals surface area contributed by atoms with E-state index in [1.807, 2.05) is 121 Å². The molecule has 0 fully saturated rings. The number of benzene rings is 5. The first-order valence-corrected chi connectivity index (χ1v) is 14.5. The smallest absolute Gasteiger partial charge is 0.168 e. The number of nitrogens with zero attached hydrogens (tertiary/aromatic N) is 5. The van der Waals surface area contributed by atoms with Crippen LogP contribution in [0.4, 0.5) is 0 Å². The Morgan fingerprint density at radius 1 is 0.511 bits per heavy atom. The van der Waals surface area contributed by atoms with Gasteiger partial charge in [-0.15, -0.1) is 0 Å². The Bertz CT molecular complexity index is 2300. The van der Waals surface area contributed by atoms with E-state index >= 15 is 0 Å². The third-order valence-corrected chi connectivity index (χ3v) is 7.86. The minimum Gasteiger partial charge on any atom is -0.455 e. The fourth-order valence-corrected chi connectivity index (χ4v) is 5.61. The molecule has 0 aliphatic carbocycles. The molecule has 0 aliphatic rings. The molecule has 0 saturated heterocycles. The first kappa shape index (κ1) is 26.2. The van der Waals surface area contributed by atoms with E-state index in [9.17, 15) is 5.26 Å². The summed E-state index contributed by atoms with van der Waals surface area (Å²) in [5.74, 6) is 1.64. The number of furan rings is 1. The first-order chi connectivity index (χ1) is 22.2. The lowest BCUT2D eigenvalue weighted by Crippen LogP contribution is -2.01. The van der Waals surface area contributed by atoms with Crippen molar-refractivity contribution in [1.82, 2.24) is 19.9 Å². The fraction of sp³-hybridized carbons (Fsp3) is 0. The Hall–Kier alpha value is -6.45. The molecular formula is C39H23N5O. The van der Waals surface area contributed by atoms with Gasteiger partial charge in [0.15, 0.2) is 17.5 Å². The van der Waals surface area contributed by atoms with Crippen molar-refractivity contribution in [2.24, 2.45) is 0 Å². The molecule has 0 amide bonds. The molecule has 0 spiro atoms. The summed E-state index contributed by atoms with van der Waals surface area (Å²) in [7, 11) is 0. The van der Waals surface area contributed by atoms with Gasteiger partial charge < -0.3 is 4.42 Å². The van der Waals surface area contributed by atoms with Crippen LogP contribution in [0.15, 0.2) is 144 Å². The van der Waals surface area contributed by atoms with Crippen LogP contribution in [0.1, 0.15) is 5.56 Å². The number of hydrogen-bond acceptors (Lipinski definition) is 6. The van der Waals surface area contributed by atoms with E-state index in [2.05, 4.69) is 24.3 Å². The van der Waals surface area contributed by atoms with Gasteiger partial charge in [0, 0.05) is 39.2 Å². The Kier molecular flexibility index (Phi) is 6.40. The standard InChI is InChI=1S/C39H23N5O/c40-23-25-15-17-26(18-16-25)29-19-22-33(41-24-29)32-21-20-31-30-13-7-8-14-34(30)45-36(31)35(32)39-43-37(27-9-3-1-4-10-27)42-38(44-39)28-11-5-2-6-12-28/h1-22,24H. The first-order valence-electron chi connectivity index (χ1n) is 14.5. The van der Waals surface area contributed by atoms with Gasteiger partial charge in [-0.1, -0.05) is 103 Å². The van der Waals surface area contributed by atoms with E-state index in [0.29, 0.717) is 28.6 Å². The van der Waals surface area contributed by atoms with Crippen LogP contribution in [-0.2, 0) is 0 Å². The highest BCUT2D eigenvalue weighted by Crippen LogP contribution is 2.41. The lowest BCUT2D eigenvalue weighted by Gasteiger charge is -2.13. The molecule has 0 unspecified atom stereocenters. The molecule has 0 aliphatic heterocycles. The van der Waals surface area contributed by atoms with Crippen LogP contribution in [0.5, 0.6) is 0 Å². The van der Waals surface area contributed by atoms with Gasteiger partial charge in [-0.05, 0) is 35.9 Å². The zero-order valence-electron chi connectivity index (χ0n) is 23.9. The summed E-state index contributed by atoms with van der Waals surface area (Å²) < 4.78 is 6.55. The predicted molar refractivity (Wildman–Crippen MR) is 177 cm³/mol. The fourth-order valence-electron chi connectivity index (χ4n) is 5.61. The normalized spacial score (nSPS) is 11.1. The molecule has 45 heavy (non-hydrogen) atoms. The number of fused-ring (bicyclic) bond motifs is 3. The lowest BCUT2D eigenvalue weighted by atomic mass is 9.98. The lowest BCUT2D eigenvalue weighted by molar-refractivity contribution is 0.669. The van der Waals surface area contributed by atoms with E-state index in [0.717, 1.165) is 55.4 Å². The highest BCUT2D eigenvalue weighted by Gasteiger charge is 2.22. The quantitative estimate of drug-likeness (QED) is 0.202. The van der Waals surface area contributed by atoms with Crippen molar-refractivity contribution >= 4 is 21.9 Å². The van der Waals surface area contributed by atoms with E-state index in [4.69, 9.17) is 24.4 Å². The molecule has 0 N–H and O–H groups in total. The molecule has 5 aromatic carbocycles. The van der Waals surface area contributed by atoms with Crippen LogP contribution in [0.3, 0.4) is 0 Å². The van der Waals surface area contributed by atoms with E-state index in [-0.39, 0.29) is 0 Å². The molecule has 6 nitrogen and oxygen atoms in total. The molecule has 210 valence electrons. The van der Waals surface area contributed by atoms with Crippen molar-refractivity contribution in [2.75, 3.05) is 0 Å². The molecule has 0 bridgehead atoms. The second-order valence-electron chi connectivity index (χ2n) is 10.6. The summed E-state index contributed by atoms with van der Waals surface area (Å²) >= 11 is 0. The highest BCUT2D eigenvalue weighted by atomic mass is 16.3. The third-order valence-electron chi connectivity index (χ3n) is 7.86. The molecule has 8 aromatic rings. The molecular weight excluding hydrogens is 554 g/mol. The molecule has 3 aromatic heterocycles. The topological polar surface area (TPSA) is 88.5 Å². The van der Waals surface area contributed by atoms with Gasteiger partial charge in [-0.25, -0.2) is 15.0 Å². The van der Waals surface area contributed by atoms with Crippen LogP contribution in [0, 0.1) is 11.3 Å². The third kappa shape index (κ3) is 4.79. The molecule has 0 saturated carbocycles. The van der Waals surface area contributed by atoms with Crippen LogP contribution in [0.2, 0.25) is 0 Å². The Labute approximate surface area is 259 Å². The predicted octanol–water partition coefficient (Wildman–Crippen LogP) is 9.37. The van der Waals surface area contributed by atoms with Crippen LogP contribution >= 0.6 is 0 Å². The second kappa shape index (κ2) is 11.0. The number of aromatic nitrogens is 4. The SMILES string of the molecule is N#Cc1ccc(-c2ccc(-c3ccc4c(oc5ccccc54)c3-c3nc(-c4ccccc4)nc(-c4ccccc4)n3)nc2)cc1. The summed E-state index contributed by atoms with van der Waals surface area (Å²) in [5, 5.41) is 11.2. The van der Waals surface area contributed by atoms with Gasteiger partial charge in [-0.2, -0.15) is 5.26 Å². The molecule has 0 atom stereocenters.